The van der Waals surface area contributed by atoms with Gasteiger partial charge in [-0.3, -0.25) is 4.99 Å². The zero-order chi connectivity index (χ0) is 18.2. The van der Waals surface area contributed by atoms with Gasteiger partial charge in [0.25, 0.3) is 0 Å². The predicted molar refractivity (Wildman–Crippen MR) is 126 cm³/mol. The van der Waals surface area contributed by atoms with Crippen LogP contribution in [0.25, 0.3) is 0 Å². The summed E-state index contributed by atoms with van der Waals surface area (Å²) in [4.78, 5) is 11.1. The van der Waals surface area contributed by atoms with E-state index in [0.29, 0.717) is 6.04 Å². The molecule has 3 rings (SSSR count). The van der Waals surface area contributed by atoms with Crippen molar-refractivity contribution >= 4 is 46.3 Å². The highest BCUT2D eigenvalue weighted by Gasteiger charge is 2.20. The Morgan fingerprint density at radius 3 is 2.78 bits per heavy atom. The third-order valence-electron chi connectivity index (χ3n) is 4.92. The van der Waals surface area contributed by atoms with E-state index in [-0.39, 0.29) is 24.0 Å². The quantitative estimate of drug-likeness (QED) is 0.264. The highest BCUT2D eigenvalue weighted by Crippen LogP contribution is 2.24. The van der Waals surface area contributed by atoms with E-state index in [2.05, 4.69) is 47.6 Å². The van der Waals surface area contributed by atoms with Crippen molar-refractivity contribution in [2.45, 2.75) is 45.2 Å². The number of rotatable bonds is 7. The average molecular weight is 502 g/mol. The summed E-state index contributed by atoms with van der Waals surface area (Å²) in [6.45, 7) is 6.24. The minimum absolute atomic E-state index is 0. The molecule has 1 fully saturated rings. The number of piperidine rings is 1. The first-order valence-corrected chi connectivity index (χ1v) is 10.4. The Morgan fingerprint density at radius 2 is 2.15 bits per heavy atom. The first-order chi connectivity index (χ1) is 12.8. The van der Waals surface area contributed by atoms with Crippen molar-refractivity contribution in [1.82, 2.24) is 20.2 Å². The Kier molecular flexibility index (Phi) is 9.40. The Labute approximate surface area is 183 Å². The largest absolute Gasteiger partial charge is 0.363 e. The molecular formula is C19H31IN6S. The van der Waals surface area contributed by atoms with Crippen LogP contribution in [0.1, 0.15) is 31.5 Å². The normalized spacial score (nSPS) is 15.5. The molecular weight excluding hydrogens is 471 g/mol. The fraction of sp³-hybridized carbons (Fsp3) is 0.579. The second kappa shape index (κ2) is 11.5. The number of hydrogen-bond acceptors (Lipinski definition) is 4. The molecule has 0 saturated carbocycles. The van der Waals surface area contributed by atoms with Gasteiger partial charge in [0.2, 0.25) is 0 Å². The molecule has 2 aromatic heterocycles. The molecule has 0 spiro atoms. The summed E-state index contributed by atoms with van der Waals surface area (Å²) in [5, 5.41) is 10.6. The molecule has 8 heteroatoms. The van der Waals surface area contributed by atoms with Crippen LogP contribution >= 0.6 is 35.3 Å². The van der Waals surface area contributed by atoms with Gasteiger partial charge in [-0.25, -0.2) is 4.98 Å². The lowest BCUT2D eigenvalue weighted by atomic mass is 10.1. The Hall–Kier alpha value is -1.29. The summed E-state index contributed by atoms with van der Waals surface area (Å²) in [6.07, 6.45) is 8.47. The molecule has 1 aliphatic heterocycles. The third kappa shape index (κ3) is 6.67. The van der Waals surface area contributed by atoms with Crippen molar-refractivity contribution < 1.29 is 0 Å². The zero-order valence-electron chi connectivity index (χ0n) is 16.2. The molecule has 6 nitrogen and oxygen atoms in total. The number of nitrogens with one attached hydrogen (secondary N) is 2. The van der Waals surface area contributed by atoms with E-state index in [0.717, 1.165) is 63.6 Å². The number of hydrogen-bond donors (Lipinski definition) is 2. The molecule has 2 N–H and O–H groups in total. The summed E-state index contributed by atoms with van der Waals surface area (Å²) in [6, 6.07) is 4.85. The lowest BCUT2D eigenvalue weighted by Crippen LogP contribution is -2.48. The molecule has 2 aromatic rings. The topological polar surface area (TPSA) is 57.5 Å². The molecule has 0 amide bonds. The molecule has 1 saturated heterocycles. The molecule has 1 aliphatic rings. The molecule has 150 valence electrons. The first-order valence-electron chi connectivity index (χ1n) is 9.49. The number of halogens is 1. The number of aromatic nitrogens is 2. The fourth-order valence-electron chi connectivity index (χ4n) is 3.34. The number of unbranched alkanes of at least 4 members (excludes halogenated alkanes) is 1. The summed E-state index contributed by atoms with van der Waals surface area (Å²) in [7, 11) is 1.85. The molecule has 0 bridgehead atoms. The molecule has 0 aromatic carbocycles. The van der Waals surface area contributed by atoms with E-state index in [1.165, 1.54) is 5.00 Å². The van der Waals surface area contributed by atoms with Crippen LogP contribution in [-0.4, -0.2) is 48.2 Å². The van der Waals surface area contributed by atoms with Gasteiger partial charge in [0.05, 0.1) is 5.00 Å². The Balaban J connectivity index is 0.00000261. The van der Waals surface area contributed by atoms with Crippen molar-refractivity contribution in [3.8, 4) is 0 Å². The number of anilines is 1. The van der Waals surface area contributed by atoms with Gasteiger partial charge in [0.1, 0.15) is 5.82 Å². The number of nitrogens with zero attached hydrogens (tertiary/aromatic N) is 4. The van der Waals surface area contributed by atoms with Crippen LogP contribution in [0.15, 0.2) is 34.9 Å². The van der Waals surface area contributed by atoms with Crippen LogP contribution in [0, 0.1) is 6.92 Å². The number of aliphatic imine (C=N–C) groups is 1. The monoisotopic (exact) mass is 502 g/mol. The number of aryl methyl sites for hydroxylation is 2. The van der Waals surface area contributed by atoms with Gasteiger partial charge < -0.3 is 20.1 Å². The maximum absolute atomic E-state index is 4.38. The van der Waals surface area contributed by atoms with Crippen LogP contribution in [0.5, 0.6) is 0 Å². The highest BCUT2D eigenvalue weighted by molar-refractivity contribution is 14.0. The van der Waals surface area contributed by atoms with Crippen LogP contribution in [0.2, 0.25) is 0 Å². The first kappa shape index (κ1) is 22.0. The van der Waals surface area contributed by atoms with Crippen LogP contribution in [0.3, 0.4) is 0 Å². The second-order valence-electron chi connectivity index (χ2n) is 6.73. The van der Waals surface area contributed by atoms with Crippen LogP contribution in [-0.2, 0) is 6.54 Å². The summed E-state index contributed by atoms with van der Waals surface area (Å²) in [5.74, 6) is 2.02. The van der Waals surface area contributed by atoms with Crippen LogP contribution < -0.4 is 15.5 Å². The number of imidazole rings is 1. The van der Waals surface area contributed by atoms with Gasteiger partial charge in [-0.1, -0.05) is 0 Å². The van der Waals surface area contributed by atoms with Crippen molar-refractivity contribution in [2.24, 2.45) is 4.99 Å². The molecule has 0 aliphatic carbocycles. The lowest BCUT2D eigenvalue weighted by molar-refractivity contribution is 0.462. The van der Waals surface area contributed by atoms with Gasteiger partial charge >= 0.3 is 0 Å². The molecule has 0 atom stereocenters. The van der Waals surface area contributed by atoms with Gasteiger partial charge in [0.15, 0.2) is 5.96 Å². The maximum atomic E-state index is 4.38. The average Bonchev–Trinajstić information content (AvgIpc) is 3.33. The van der Waals surface area contributed by atoms with Crippen molar-refractivity contribution in [1.29, 1.82) is 0 Å². The summed E-state index contributed by atoms with van der Waals surface area (Å²) >= 11 is 1.83. The fourth-order valence-corrected chi connectivity index (χ4v) is 4.12. The van der Waals surface area contributed by atoms with Gasteiger partial charge in [-0.15, -0.1) is 35.3 Å². The van der Waals surface area contributed by atoms with Crippen molar-refractivity contribution in [2.75, 3.05) is 31.6 Å². The smallest absolute Gasteiger partial charge is 0.191 e. The lowest BCUT2D eigenvalue weighted by Gasteiger charge is -2.33. The maximum Gasteiger partial charge on any atom is 0.191 e. The molecule has 0 radical (unpaired) electrons. The Bertz CT molecular complexity index is 676. The van der Waals surface area contributed by atoms with Crippen LogP contribution in [0.4, 0.5) is 5.00 Å². The van der Waals surface area contributed by atoms with Gasteiger partial charge in [-0.05, 0) is 50.1 Å². The van der Waals surface area contributed by atoms with Crippen molar-refractivity contribution in [3.63, 3.8) is 0 Å². The SMILES string of the molecule is CN=C(NCCCCn1ccnc1C)NC1CCN(c2cccs2)CC1.I. The van der Waals surface area contributed by atoms with E-state index in [9.17, 15) is 0 Å². The van der Waals surface area contributed by atoms with E-state index in [4.69, 9.17) is 0 Å². The number of thiophene rings is 1. The summed E-state index contributed by atoms with van der Waals surface area (Å²) < 4.78 is 2.20. The Morgan fingerprint density at radius 1 is 1.33 bits per heavy atom. The van der Waals surface area contributed by atoms with E-state index >= 15 is 0 Å². The third-order valence-corrected chi connectivity index (χ3v) is 5.85. The molecule has 0 unspecified atom stereocenters. The minimum atomic E-state index is 0. The van der Waals surface area contributed by atoms with Crippen molar-refractivity contribution in [3.05, 3.63) is 35.7 Å². The standard InChI is InChI=1S/C19H30N6S.HI/c1-16-21-10-14-24(16)11-4-3-9-22-19(20-2)23-17-7-12-25(13-8-17)18-6-5-15-26-18;/h5-6,10,14-15,17H,3-4,7-9,11-13H2,1-2H3,(H2,20,22,23);1H. The predicted octanol–water partition coefficient (Wildman–Crippen LogP) is 3.49. The highest BCUT2D eigenvalue weighted by atomic mass is 127. The number of guanidine groups is 1. The van der Waals surface area contributed by atoms with E-state index < -0.39 is 0 Å². The second-order valence-corrected chi connectivity index (χ2v) is 7.66. The molecule has 27 heavy (non-hydrogen) atoms. The zero-order valence-corrected chi connectivity index (χ0v) is 19.4. The van der Waals surface area contributed by atoms with Gasteiger partial charge in [-0.2, -0.15) is 0 Å². The van der Waals surface area contributed by atoms with Gasteiger partial charge in [0, 0.05) is 51.7 Å². The summed E-state index contributed by atoms with van der Waals surface area (Å²) in [5.41, 5.74) is 0. The van der Waals surface area contributed by atoms with E-state index in [1.54, 1.807) is 0 Å². The molecule has 3 heterocycles. The van der Waals surface area contributed by atoms with E-state index in [1.807, 2.05) is 37.7 Å². The minimum Gasteiger partial charge on any atom is -0.363 e.